The Morgan fingerprint density at radius 3 is 2.62 bits per heavy atom. The fraction of sp³-hybridized carbons (Fsp3) is 0.560. The molecule has 1 heterocycles. The van der Waals surface area contributed by atoms with Crippen molar-refractivity contribution in [2.24, 2.45) is 11.7 Å². The maximum Gasteiger partial charge on any atom is 0.331 e. The number of carboxylic acids is 1. The van der Waals surface area contributed by atoms with Gasteiger partial charge < -0.3 is 20.3 Å². The second kappa shape index (κ2) is 9.76. The molecule has 0 spiro atoms. The van der Waals surface area contributed by atoms with E-state index in [4.69, 9.17) is 15.2 Å². The van der Waals surface area contributed by atoms with Crippen LogP contribution in [0.25, 0.3) is 0 Å². The number of benzene rings is 1. The van der Waals surface area contributed by atoms with Crippen LogP contribution >= 0.6 is 0 Å². The number of ether oxygens (including phenoxy) is 2. The molecule has 3 rings (SSSR count). The number of esters is 1. The third-order valence-corrected chi connectivity index (χ3v) is 6.45. The lowest BCUT2D eigenvalue weighted by atomic mass is 9.67. The minimum absolute atomic E-state index is 0.0483. The average molecular weight is 444 g/mol. The average Bonchev–Trinajstić information content (AvgIpc) is 2.71. The van der Waals surface area contributed by atoms with E-state index >= 15 is 0 Å². The molecule has 32 heavy (non-hydrogen) atoms. The lowest BCUT2D eigenvalue weighted by Crippen LogP contribution is -2.45. The first-order chi connectivity index (χ1) is 15.1. The van der Waals surface area contributed by atoms with E-state index in [1.54, 1.807) is 6.08 Å². The van der Waals surface area contributed by atoms with Gasteiger partial charge in [-0.25, -0.2) is 4.79 Å². The van der Waals surface area contributed by atoms with Crippen molar-refractivity contribution in [1.82, 2.24) is 0 Å². The number of nitrogens with two attached hydrogens (primary N) is 1. The number of carbonyl (C=O) groups excluding carboxylic acids is 2. The second-order valence-corrected chi connectivity index (χ2v) is 9.28. The van der Waals surface area contributed by atoms with Gasteiger partial charge in [-0.3, -0.25) is 9.59 Å². The van der Waals surface area contributed by atoms with Crippen LogP contribution in [0.15, 0.2) is 23.8 Å². The Kier molecular flexibility index (Phi) is 7.26. The summed E-state index contributed by atoms with van der Waals surface area (Å²) in [6, 6.07) is 3.85. The minimum atomic E-state index is -0.925. The first-order valence-electron chi connectivity index (χ1n) is 11.4. The number of aliphatic carboxylic acids is 1. The van der Waals surface area contributed by atoms with Crippen molar-refractivity contribution in [2.75, 3.05) is 0 Å². The third kappa shape index (κ3) is 5.31. The van der Waals surface area contributed by atoms with Crippen LogP contribution in [0.1, 0.15) is 82.8 Å². The number of carbonyl (C=O) groups is 3. The van der Waals surface area contributed by atoms with Crippen molar-refractivity contribution in [2.45, 2.75) is 83.7 Å². The number of carboxylic acid groups (broad SMARTS) is 1. The van der Waals surface area contributed by atoms with Crippen molar-refractivity contribution < 1.29 is 29.0 Å². The Morgan fingerprint density at radius 1 is 1.22 bits per heavy atom. The predicted molar refractivity (Wildman–Crippen MR) is 120 cm³/mol. The summed E-state index contributed by atoms with van der Waals surface area (Å²) in [5.41, 5.74) is 6.75. The van der Waals surface area contributed by atoms with Gasteiger partial charge in [0.25, 0.3) is 0 Å². The van der Waals surface area contributed by atoms with Crippen LogP contribution < -0.4 is 15.2 Å². The van der Waals surface area contributed by atoms with Gasteiger partial charge in [-0.05, 0) is 57.2 Å². The van der Waals surface area contributed by atoms with E-state index < -0.39 is 23.4 Å². The summed E-state index contributed by atoms with van der Waals surface area (Å²) in [5, 5.41) is 9.58. The van der Waals surface area contributed by atoms with Gasteiger partial charge >= 0.3 is 11.9 Å². The summed E-state index contributed by atoms with van der Waals surface area (Å²) >= 11 is 0. The molecule has 3 N–H and O–H groups in total. The molecule has 1 aromatic rings. The zero-order valence-electron chi connectivity index (χ0n) is 19.1. The largest absolute Gasteiger partial charge is 0.487 e. The van der Waals surface area contributed by atoms with Crippen LogP contribution in [-0.4, -0.2) is 28.6 Å². The Balaban J connectivity index is 2.05. The molecule has 1 amide bonds. The van der Waals surface area contributed by atoms with Crippen molar-refractivity contribution in [3.63, 3.8) is 0 Å². The maximum absolute atomic E-state index is 12.5. The first kappa shape index (κ1) is 23.8. The number of amides is 1. The lowest BCUT2D eigenvalue weighted by Gasteiger charge is -2.46. The van der Waals surface area contributed by atoms with Crippen LogP contribution in [0.4, 0.5) is 0 Å². The van der Waals surface area contributed by atoms with Gasteiger partial charge in [0.15, 0.2) is 0 Å². The Hall–Kier alpha value is -2.83. The van der Waals surface area contributed by atoms with Gasteiger partial charge in [0.05, 0.1) is 6.42 Å². The molecule has 1 aliphatic carbocycles. The SMILES string of the molecule is CCCCCc1cc(OC(=O)CCC(N)=O)c2c(c1)OC(C)(C)[C@@H]1CCC(C(=O)O)=C[C@@H]21. The quantitative estimate of drug-likeness (QED) is 0.335. The normalized spacial score (nSPS) is 20.9. The highest BCUT2D eigenvalue weighted by Gasteiger charge is 2.46. The molecular weight excluding hydrogens is 410 g/mol. The van der Waals surface area contributed by atoms with Gasteiger partial charge in [-0.1, -0.05) is 25.8 Å². The van der Waals surface area contributed by atoms with Crippen molar-refractivity contribution >= 4 is 17.8 Å². The number of fused-ring (bicyclic) bond motifs is 3. The molecule has 0 aromatic heterocycles. The second-order valence-electron chi connectivity index (χ2n) is 9.28. The van der Waals surface area contributed by atoms with Gasteiger partial charge in [0.2, 0.25) is 5.91 Å². The molecular formula is C25H33NO6. The third-order valence-electron chi connectivity index (χ3n) is 6.45. The highest BCUT2D eigenvalue weighted by atomic mass is 16.5. The molecule has 0 unspecified atom stereocenters. The Morgan fingerprint density at radius 2 is 1.97 bits per heavy atom. The van der Waals surface area contributed by atoms with Gasteiger partial charge in [0, 0.05) is 29.4 Å². The summed E-state index contributed by atoms with van der Waals surface area (Å²) in [6.45, 7) is 6.19. The fourth-order valence-corrected chi connectivity index (χ4v) is 4.78. The molecule has 2 aliphatic rings. The molecule has 1 aromatic carbocycles. The summed E-state index contributed by atoms with van der Waals surface area (Å²) < 4.78 is 12.1. The first-order valence-corrected chi connectivity index (χ1v) is 11.4. The lowest BCUT2D eigenvalue weighted by molar-refractivity contribution is -0.136. The molecule has 7 nitrogen and oxygen atoms in total. The number of primary amides is 1. The predicted octanol–water partition coefficient (Wildman–Crippen LogP) is 4.27. The van der Waals surface area contributed by atoms with E-state index in [0.717, 1.165) is 31.2 Å². The van der Waals surface area contributed by atoms with Gasteiger partial charge in [0.1, 0.15) is 17.1 Å². The van der Waals surface area contributed by atoms with E-state index in [1.165, 1.54) is 0 Å². The fourth-order valence-electron chi connectivity index (χ4n) is 4.78. The summed E-state index contributed by atoms with van der Waals surface area (Å²) in [6.07, 6.45) is 6.74. The van der Waals surface area contributed by atoms with Gasteiger partial charge in [-0.2, -0.15) is 0 Å². The molecule has 0 saturated carbocycles. The standard InChI is InChI=1S/C25H33NO6/c1-4-5-6-7-15-12-19(31-22(28)11-10-21(26)27)23-17-14-16(24(29)30)8-9-18(17)25(2,3)32-20(23)13-15/h12-14,17-18H,4-11H2,1-3H3,(H2,26,27)(H,29,30)/t17-,18-/m1/s1. The highest BCUT2D eigenvalue weighted by molar-refractivity contribution is 5.87. The Labute approximate surface area is 189 Å². The van der Waals surface area contributed by atoms with Crippen LogP contribution in [0.3, 0.4) is 0 Å². The summed E-state index contributed by atoms with van der Waals surface area (Å²) in [5.74, 6) is -1.21. The monoisotopic (exact) mass is 443 g/mol. The van der Waals surface area contributed by atoms with E-state index in [1.807, 2.05) is 26.0 Å². The molecule has 1 aliphatic heterocycles. The van der Waals surface area contributed by atoms with Crippen LogP contribution in [-0.2, 0) is 20.8 Å². The number of hydrogen-bond donors (Lipinski definition) is 2. The van der Waals surface area contributed by atoms with Gasteiger partial charge in [-0.15, -0.1) is 0 Å². The topological polar surface area (TPSA) is 116 Å². The van der Waals surface area contributed by atoms with Crippen molar-refractivity contribution in [3.05, 3.63) is 34.9 Å². The Bertz CT molecular complexity index is 933. The molecule has 0 saturated heterocycles. The molecule has 0 fully saturated rings. The molecule has 174 valence electrons. The molecule has 2 atom stereocenters. The number of allylic oxidation sites excluding steroid dienone is 1. The molecule has 7 heteroatoms. The minimum Gasteiger partial charge on any atom is -0.487 e. The van der Waals surface area contributed by atoms with Crippen molar-refractivity contribution in [3.8, 4) is 11.5 Å². The zero-order valence-corrected chi connectivity index (χ0v) is 19.1. The maximum atomic E-state index is 12.5. The van der Waals surface area contributed by atoms with E-state index in [2.05, 4.69) is 6.92 Å². The number of rotatable bonds is 9. The number of unbranched alkanes of at least 4 members (excludes halogenated alkanes) is 2. The van der Waals surface area contributed by atoms with Crippen LogP contribution in [0.5, 0.6) is 11.5 Å². The zero-order chi connectivity index (χ0) is 23.5. The highest BCUT2D eigenvalue weighted by Crippen LogP contribution is 2.53. The van der Waals surface area contributed by atoms with E-state index in [-0.39, 0.29) is 24.7 Å². The smallest absolute Gasteiger partial charge is 0.331 e. The number of aryl methyl sites for hydroxylation is 1. The molecule has 0 bridgehead atoms. The van der Waals surface area contributed by atoms with E-state index in [0.29, 0.717) is 35.5 Å². The van der Waals surface area contributed by atoms with Crippen molar-refractivity contribution in [1.29, 1.82) is 0 Å². The van der Waals surface area contributed by atoms with Crippen LogP contribution in [0.2, 0.25) is 0 Å². The van der Waals surface area contributed by atoms with Crippen LogP contribution in [0, 0.1) is 5.92 Å². The number of hydrogen-bond acceptors (Lipinski definition) is 5. The summed E-state index contributed by atoms with van der Waals surface area (Å²) in [7, 11) is 0. The summed E-state index contributed by atoms with van der Waals surface area (Å²) in [4.78, 5) is 35.2. The molecule has 0 radical (unpaired) electrons. The van der Waals surface area contributed by atoms with E-state index in [9.17, 15) is 19.5 Å².